The molecule has 1 heterocycles. The van der Waals surface area contributed by atoms with Gasteiger partial charge in [0.1, 0.15) is 5.82 Å². The number of halogens is 2. The fourth-order valence-corrected chi connectivity index (χ4v) is 2.57. The highest BCUT2D eigenvalue weighted by Crippen LogP contribution is 2.27. The van der Waals surface area contributed by atoms with Crippen molar-refractivity contribution in [3.63, 3.8) is 0 Å². The van der Waals surface area contributed by atoms with Gasteiger partial charge in [-0.15, -0.1) is 0 Å². The molecule has 0 saturated heterocycles. The average molecular weight is 297 g/mol. The van der Waals surface area contributed by atoms with Crippen molar-refractivity contribution in [3.8, 4) is 0 Å². The Morgan fingerprint density at radius 2 is 2.15 bits per heavy atom. The zero-order chi connectivity index (χ0) is 14.7. The lowest BCUT2D eigenvalue weighted by Gasteiger charge is -2.12. The van der Waals surface area contributed by atoms with Crippen LogP contribution in [0.3, 0.4) is 0 Å². The van der Waals surface area contributed by atoms with E-state index in [1.54, 1.807) is 16.8 Å². The van der Waals surface area contributed by atoms with Gasteiger partial charge < -0.3 is 5.11 Å². The molecule has 0 spiro atoms. The largest absolute Gasteiger partial charge is 0.388 e. The summed E-state index contributed by atoms with van der Waals surface area (Å²) in [4.78, 5) is 0. The molecule has 0 aliphatic carbocycles. The third-order valence-corrected chi connectivity index (χ3v) is 3.75. The Morgan fingerprint density at radius 3 is 2.75 bits per heavy atom. The lowest BCUT2D eigenvalue weighted by atomic mass is 10.0. The molecular formula is C15H18ClFN2O. The molecule has 0 saturated carbocycles. The molecule has 1 aromatic heterocycles. The number of aliphatic hydroxyl groups is 1. The fourth-order valence-electron chi connectivity index (χ4n) is 2.23. The second kappa shape index (κ2) is 6.37. The minimum absolute atomic E-state index is 0.323. The van der Waals surface area contributed by atoms with Gasteiger partial charge >= 0.3 is 0 Å². The van der Waals surface area contributed by atoms with Gasteiger partial charge in [-0.1, -0.05) is 30.7 Å². The Balaban J connectivity index is 2.27. The quantitative estimate of drug-likeness (QED) is 0.916. The summed E-state index contributed by atoms with van der Waals surface area (Å²) in [5.74, 6) is -0.356. The van der Waals surface area contributed by atoms with E-state index in [2.05, 4.69) is 5.10 Å². The van der Waals surface area contributed by atoms with E-state index in [0.29, 0.717) is 23.6 Å². The summed E-state index contributed by atoms with van der Waals surface area (Å²) in [5, 5.41) is 15.3. The average Bonchev–Trinajstić information content (AvgIpc) is 2.75. The van der Waals surface area contributed by atoms with Crippen LogP contribution >= 0.6 is 11.6 Å². The van der Waals surface area contributed by atoms with Gasteiger partial charge in [0.25, 0.3) is 0 Å². The molecule has 1 unspecified atom stereocenters. The van der Waals surface area contributed by atoms with E-state index in [1.807, 2.05) is 13.8 Å². The van der Waals surface area contributed by atoms with Gasteiger partial charge in [-0.25, -0.2) is 4.39 Å². The topological polar surface area (TPSA) is 38.0 Å². The highest BCUT2D eigenvalue weighted by atomic mass is 35.5. The molecule has 0 amide bonds. The normalized spacial score (nSPS) is 12.7. The molecule has 1 atom stereocenters. The van der Waals surface area contributed by atoms with Crippen molar-refractivity contribution in [2.45, 2.75) is 39.3 Å². The molecule has 5 heteroatoms. The van der Waals surface area contributed by atoms with Crippen molar-refractivity contribution in [1.29, 1.82) is 0 Å². The van der Waals surface area contributed by atoms with Crippen LogP contribution in [0.25, 0.3) is 0 Å². The van der Waals surface area contributed by atoms with Gasteiger partial charge in [-0.05, 0) is 31.0 Å². The number of aliphatic hydroxyl groups excluding tert-OH is 1. The van der Waals surface area contributed by atoms with Gasteiger partial charge in [-0.3, -0.25) is 4.68 Å². The Labute approximate surface area is 123 Å². The van der Waals surface area contributed by atoms with Crippen LogP contribution in [-0.4, -0.2) is 14.9 Å². The Hall–Kier alpha value is -1.39. The van der Waals surface area contributed by atoms with Crippen LogP contribution in [0.15, 0.2) is 24.3 Å². The van der Waals surface area contributed by atoms with E-state index < -0.39 is 6.10 Å². The molecule has 20 heavy (non-hydrogen) atoms. The fraction of sp³-hybridized carbons (Fsp3) is 0.400. The summed E-state index contributed by atoms with van der Waals surface area (Å²) >= 11 is 6.30. The van der Waals surface area contributed by atoms with Crippen molar-refractivity contribution in [3.05, 3.63) is 52.1 Å². The van der Waals surface area contributed by atoms with Crippen molar-refractivity contribution in [2.24, 2.45) is 0 Å². The molecule has 2 aromatic rings. The molecular weight excluding hydrogens is 279 g/mol. The first kappa shape index (κ1) is 15.0. The number of aromatic nitrogens is 2. The van der Waals surface area contributed by atoms with Crippen LogP contribution in [0.5, 0.6) is 0 Å². The van der Waals surface area contributed by atoms with Crippen LogP contribution in [0.4, 0.5) is 4.39 Å². The number of benzene rings is 1. The van der Waals surface area contributed by atoms with Crippen LogP contribution in [0.1, 0.15) is 36.9 Å². The number of nitrogens with zero attached hydrogens (tertiary/aromatic N) is 2. The van der Waals surface area contributed by atoms with Gasteiger partial charge in [0.05, 0.1) is 22.5 Å². The van der Waals surface area contributed by atoms with Gasteiger partial charge in [0.2, 0.25) is 0 Å². The number of aryl methyl sites for hydroxylation is 2. The second-order valence-electron chi connectivity index (χ2n) is 4.65. The van der Waals surface area contributed by atoms with Crippen LogP contribution in [-0.2, 0) is 19.4 Å². The van der Waals surface area contributed by atoms with Crippen molar-refractivity contribution < 1.29 is 9.50 Å². The maximum atomic E-state index is 13.2. The van der Waals surface area contributed by atoms with E-state index in [1.165, 1.54) is 12.1 Å². The highest BCUT2D eigenvalue weighted by molar-refractivity contribution is 6.31. The monoisotopic (exact) mass is 296 g/mol. The van der Waals surface area contributed by atoms with E-state index in [9.17, 15) is 9.50 Å². The maximum Gasteiger partial charge on any atom is 0.123 e. The van der Waals surface area contributed by atoms with Crippen LogP contribution in [0.2, 0.25) is 5.02 Å². The molecule has 0 radical (unpaired) electrons. The van der Waals surface area contributed by atoms with Gasteiger partial charge in [0.15, 0.2) is 0 Å². The molecule has 0 aliphatic rings. The van der Waals surface area contributed by atoms with E-state index >= 15 is 0 Å². The third-order valence-electron chi connectivity index (χ3n) is 3.31. The molecule has 1 aromatic carbocycles. The summed E-state index contributed by atoms with van der Waals surface area (Å²) in [6, 6.07) is 5.99. The Morgan fingerprint density at radius 1 is 1.40 bits per heavy atom. The van der Waals surface area contributed by atoms with Crippen molar-refractivity contribution in [2.75, 3.05) is 0 Å². The predicted molar refractivity (Wildman–Crippen MR) is 77.4 cm³/mol. The minimum Gasteiger partial charge on any atom is -0.388 e. The van der Waals surface area contributed by atoms with Crippen LogP contribution in [0, 0.1) is 5.82 Å². The number of hydrogen-bond acceptors (Lipinski definition) is 2. The zero-order valence-corrected chi connectivity index (χ0v) is 12.4. The van der Waals surface area contributed by atoms with Crippen molar-refractivity contribution >= 4 is 11.6 Å². The lowest BCUT2D eigenvalue weighted by molar-refractivity contribution is 0.175. The SMILES string of the molecule is CCc1nn(CC)c(CC(O)c2cccc(F)c2)c1Cl. The summed E-state index contributed by atoms with van der Waals surface area (Å²) in [7, 11) is 0. The summed E-state index contributed by atoms with van der Waals surface area (Å²) in [5.41, 5.74) is 2.17. The van der Waals surface area contributed by atoms with E-state index in [-0.39, 0.29) is 5.82 Å². The Kier molecular flexibility index (Phi) is 4.78. The van der Waals surface area contributed by atoms with Gasteiger partial charge in [-0.2, -0.15) is 5.10 Å². The zero-order valence-electron chi connectivity index (χ0n) is 11.6. The van der Waals surface area contributed by atoms with Gasteiger partial charge in [0, 0.05) is 13.0 Å². The minimum atomic E-state index is -0.796. The third kappa shape index (κ3) is 3.02. The predicted octanol–water partition coefficient (Wildman–Crippen LogP) is 3.53. The van der Waals surface area contributed by atoms with E-state index in [0.717, 1.165) is 17.8 Å². The first-order chi connectivity index (χ1) is 9.56. The highest BCUT2D eigenvalue weighted by Gasteiger charge is 2.18. The molecule has 1 N–H and O–H groups in total. The number of hydrogen-bond donors (Lipinski definition) is 1. The molecule has 3 nitrogen and oxygen atoms in total. The smallest absolute Gasteiger partial charge is 0.123 e. The standard InChI is InChI=1S/C15H18ClFN2O/c1-3-12-15(16)13(19(4-2)18-12)9-14(20)10-6-5-7-11(17)8-10/h5-8,14,20H,3-4,9H2,1-2H3. The van der Waals surface area contributed by atoms with Crippen LogP contribution < -0.4 is 0 Å². The first-order valence-electron chi connectivity index (χ1n) is 6.74. The molecule has 0 aliphatic heterocycles. The molecule has 0 fully saturated rings. The molecule has 0 bridgehead atoms. The molecule has 2 rings (SSSR count). The summed E-state index contributed by atoms with van der Waals surface area (Å²) in [6.45, 7) is 4.65. The molecule has 108 valence electrons. The second-order valence-corrected chi connectivity index (χ2v) is 5.03. The Bertz CT molecular complexity index is 598. The number of rotatable bonds is 5. The summed E-state index contributed by atoms with van der Waals surface area (Å²) < 4.78 is 15.0. The maximum absolute atomic E-state index is 13.2. The van der Waals surface area contributed by atoms with Crippen molar-refractivity contribution in [1.82, 2.24) is 9.78 Å². The first-order valence-corrected chi connectivity index (χ1v) is 7.12. The summed E-state index contributed by atoms with van der Waals surface area (Å²) in [6.07, 6.45) is 0.271. The van der Waals surface area contributed by atoms with E-state index in [4.69, 9.17) is 11.6 Å². The lowest BCUT2D eigenvalue weighted by Crippen LogP contribution is -2.09.